The number of aromatic nitrogens is 2. The Balaban J connectivity index is 1.96. The van der Waals surface area contributed by atoms with Crippen LogP contribution in [-0.4, -0.2) is 48.1 Å². The molecule has 1 N–H and O–H groups in total. The van der Waals surface area contributed by atoms with Gasteiger partial charge in [0.15, 0.2) is 0 Å². The molecule has 2 aromatic rings. The summed E-state index contributed by atoms with van der Waals surface area (Å²) in [6.45, 7) is 3.85. The molecule has 0 aliphatic carbocycles. The van der Waals surface area contributed by atoms with Crippen LogP contribution in [-0.2, 0) is 0 Å². The van der Waals surface area contributed by atoms with Gasteiger partial charge in [-0.3, -0.25) is 4.79 Å². The van der Waals surface area contributed by atoms with E-state index in [0.717, 1.165) is 30.7 Å². The molecular formula is C15H20N4O. The summed E-state index contributed by atoms with van der Waals surface area (Å²) >= 11 is 0. The van der Waals surface area contributed by atoms with E-state index in [9.17, 15) is 4.79 Å². The molecule has 0 radical (unpaired) electrons. The normalized spacial score (nSPS) is 19.2. The maximum absolute atomic E-state index is 12.0. The Morgan fingerprint density at radius 1 is 1.40 bits per heavy atom. The zero-order valence-electron chi connectivity index (χ0n) is 12.2. The topological polar surface area (TPSA) is 52.2 Å². The van der Waals surface area contributed by atoms with Gasteiger partial charge in [0.25, 0.3) is 5.56 Å². The minimum absolute atomic E-state index is 0.0577. The van der Waals surface area contributed by atoms with Gasteiger partial charge in [-0.1, -0.05) is 0 Å². The van der Waals surface area contributed by atoms with E-state index >= 15 is 0 Å². The van der Waals surface area contributed by atoms with Crippen molar-refractivity contribution in [3.05, 3.63) is 34.4 Å². The highest BCUT2D eigenvalue weighted by molar-refractivity contribution is 5.81. The van der Waals surface area contributed by atoms with E-state index < -0.39 is 0 Å². The summed E-state index contributed by atoms with van der Waals surface area (Å²) in [4.78, 5) is 23.7. The number of H-pyrrole nitrogens is 1. The first-order valence-corrected chi connectivity index (χ1v) is 6.96. The molecule has 1 aliphatic heterocycles. The molecule has 1 saturated heterocycles. The molecule has 1 atom stereocenters. The molecular weight excluding hydrogens is 252 g/mol. The minimum Gasteiger partial charge on any atom is -0.370 e. The van der Waals surface area contributed by atoms with Crippen molar-refractivity contribution in [2.75, 3.05) is 32.1 Å². The zero-order chi connectivity index (χ0) is 14.3. The Kier molecular flexibility index (Phi) is 3.22. The van der Waals surface area contributed by atoms with E-state index in [-0.39, 0.29) is 5.56 Å². The third-order valence-electron chi connectivity index (χ3n) is 4.07. The van der Waals surface area contributed by atoms with Gasteiger partial charge in [0.2, 0.25) is 0 Å². The first-order chi connectivity index (χ1) is 9.54. The van der Waals surface area contributed by atoms with Crippen LogP contribution < -0.4 is 10.5 Å². The lowest BCUT2D eigenvalue weighted by Gasteiger charge is -2.22. The van der Waals surface area contributed by atoms with E-state index in [0.29, 0.717) is 17.3 Å². The predicted octanol–water partition coefficient (Wildman–Crippen LogP) is 1.37. The third-order valence-corrected chi connectivity index (χ3v) is 4.07. The van der Waals surface area contributed by atoms with E-state index in [1.54, 1.807) is 6.92 Å². The first kappa shape index (κ1) is 13.1. The second kappa shape index (κ2) is 4.90. The Labute approximate surface area is 118 Å². The molecule has 0 bridgehead atoms. The van der Waals surface area contributed by atoms with Crippen molar-refractivity contribution in [3.8, 4) is 0 Å². The molecule has 1 unspecified atom stereocenters. The van der Waals surface area contributed by atoms with Crippen LogP contribution in [0.1, 0.15) is 12.2 Å². The summed E-state index contributed by atoms with van der Waals surface area (Å²) in [5.41, 5.74) is 1.81. The molecule has 0 amide bonds. The molecule has 5 heteroatoms. The lowest BCUT2D eigenvalue weighted by molar-refractivity contribution is 0.315. The Bertz CT molecular complexity index is 692. The van der Waals surface area contributed by atoms with Crippen LogP contribution in [0.15, 0.2) is 23.0 Å². The molecule has 1 aromatic heterocycles. The molecule has 1 fully saturated rings. The molecule has 20 heavy (non-hydrogen) atoms. The quantitative estimate of drug-likeness (QED) is 0.897. The number of nitrogens with one attached hydrogen (secondary N) is 1. The summed E-state index contributed by atoms with van der Waals surface area (Å²) in [6.07, 6.45) is 1.16. The Morgan fingerprint density at radius 3 is 2.90 bits per heavy atom. The highest BCUT2D eigenvalue weighted by atomic mass is 16.1. The molecule has 3 rings (SSSR count). The number of aryl methyl sites for hydroxylation is 1. The summed E-state index contributed by atoms with van der Waals surface area (Å²) < 4.78 is 0. The largest absolute Gasteiger partial charge is 0.370 e. The number of likely N-dealkylation sites (N-methyl/N-ethyl adjacent to an activating group) is 1. The van der Waals surface area contributed by atoms with Crippen molar-refractivity contribution in [2.45, 2.75) is 19.4 Å². The van der Waals surface area contributed by atoms with Crippen LogP contribution in [0.25, 0.3) is 10.9 Å². The maximum Gasteiger partial charge on any atom is 0.258 e. The van der Waals surface area contributed by atoms with Gasteiger partial charge in [-0.15, -0.1) is 0 Å². The first-order valence-electron chi connectivity index (χ1n) is 6.96. The molecule has 0 spiro atoms. The second-order valence-corrected chi connectivity index (χ2v) is 5.70. The van der Waals surface area contributed by atoms with Crippen molar-refractivity contribution in [1.82, 2.24) is 14.9 Å². The number of aromatic amines is 1. The summed E-state index contributed by atoms with van der Waals surface area (Å²) in [6, 6.07) is 6.54. The van der Waals surface area contributed by atoms with Crippen LogP contribution in [0.3, 0.4) is 0 Å². The second-order valence-electron chi connectivity index (χ2n) is 5.70. The highest BCUT2D eigenvalue weighted by Gasteiger charge is 2.24. The number of benzene rings is 1. The van der Waals surface area contributed by atoms with Crippen LogP contribution in [0.2, 0.25) is 0 Å². The molecule has 1 aliphatic rings. The fourth-order valence-electron chi connectivity index (χ4n) is 2.84. The molecule has 0 saturated carbocycles. The van der Waals surface area contributed by atoms with Gasteiger partial charge < -0.3 is 14.8 Å². The number of rotatable bonds is 2. The van der Waals surface area contributed by atoms with Crippen LogP contribution >= 0.6 is 0 Å². The van der Waals surface area contributed by atoms with Crippen LogP contribution in [0.4, 0.5) is 5.69 Å². The van der Waals surface area contributed by atoms with Crippen LogP contribution in [0.5, 0.6) is 0 Å². The highest BCUT2D eigenvalue weighted by Crippen LogP contribution is 2.24. The number of hydrogen-bond acceptors (Lipinski definition) is 4. The lowest BCUT2D eigenvalue weighted by atomic mass is 10.2. The fourth-order valence-corrected chi connectivity index (χ4v) is 2.84. The van der Waals surface area contributed by atoms with Gasteiger partial charge in [-0.05, 0) is 45.6 Å². The van der Waals surface area contributed by atoms with Gasteiger partial charge in [-0.2, -0.15) is 0 Å². The number of nitrogens with zero attached hydrogens (tertiary/aromatic N) is 3. The molecule has 2 heterocycles. The standard InChI is InChI=1S/C15H20N4O/c1-10-16-14-5-4-11(8-13(14)15(20)17-10)19-7-6-12(9-19)18(2)3/h4-5,8,12H,6-7,9H2,1-3H3,(H,16,17,20). The fraction of sp³-hybridized carbons (Fsp3) is 0.467. The Morgan fingerprint density at radius 2 is 2.20 bits per heavy atom. The average Bonchev–Trinajstić information content (AvgIpc) is 2.88. The van der Waals surface area contributed by atoms with Crippen molar-refractivity contribution >= 4 is 16.6 Å². The number of fused-ring (bicyclic) bond motifs is 1. The monoisotopic (exact) mass is 272 g/mol. The van der Waals surface area contributed by atoms with E-state index in [1.807, 2.05) is 12.1 Å². The minimum atomic E-state index is -0.0577. The van der Waals surface area contributed by atoms with Crippen LogP contribution in [0, 0.1) is 6.92 Å². The van der Waals surface area contributed by atoms with Gasteiger partial charge in [0, 0.05) is 24.8 Å². The molecule has 106 valence electrons. The van der Waals surface area contributed by atoms with E-state index in [4.69, 9.17) is 0 Å². The summed E-state index contributed by atoms with van der Waals surface area (Å²) in [5.74, 6) is 0.657. The van der Waals surface area contributed by atoms with Crippen molar-refractivity contribution in [2.24, 2.45) is 0 Å². The van der Waals surface area contributed by atoms with E-state index in [2.05, 4.69) is 39.9 Å². The van der Waals surface area contributed by atoms with Crippen molar-refractivity contribution in [3.63, 3.8) is 0 Å². The molecule has 5 nitrogen and oxygen atoms in total. The summed E-state index contributed by atoms with van der Waals surface area (Å²) in [7, 11) is 4.23. The summed E-state index contributed by atoms with van der Waals surface area (Å²) in [5, 5.41) is 0.668. The van der Waals surface area contributed by atoms with E-state index in [1.165, 1.54) is 0 Å². The molecule has 1 aromatic carbocycles. The van der Waals surface area contributed by atoms with Gasteiger partial charge in [0.1, 0.15) is 5.82 Å². The van der Waals surface area contributed by atoms with Gasteiger partial charge in [-0.25, -0.2) is 4.98 Å². The van der Waals surface area contributed by atoms with Crippen molar-refractivity contribution < 1.29 is 0 Å². The van der Waals surface area contributed by atoms with Crippen molar-refractivity contribution in [1.29, 1.82) is 0 Å². The van der Waals surface area contributed by atoms with Gasteiger partial charge >= 0.3 is 0 Å². The lowest BCUT2D eigenvalue weighted by Crippen LogP contribution is -2.31. The number of anilines is 1. The zero-order valence-corrected chi connectivity index (χ0v) is 12.2. The SMILES string of the molecule is Cc1nc2ccc(N3CCC(N(C)C)C3)cc2c(=O)[nH]1. The average molecular weight is 272 g/mol. The Hall–Kier alpha value is -1.88. The number of hydrogen-bond donors (Lipinski definition) is 1. The third kappa shape index (κ3) is 2.29. The maximum atomic E-state index is 12.0. The smallest absolute Gasteiger partial charge is 0.258 e. The predicted molar refractivity (Wildman–Crippen MR) is 81.4 cm³/mol. The van der Waals surface area contributed by atoms with Gasteiger partial charge in [0.05, 0.1) is 10.9 Å².